The van der Waals surface area contributed by atoms with Gasteiger partial charge in [0.1, 0.15) is 10.3 Å². The van der Waals surface area contributed by atoms with Crippen LogP contribution >= 0.6 is 11.3 Å². The molecule has 3 aromatic rings. The van der Waals surface area contributed by atoms with Gasteiger partial charge in [-0.25, -0.2) is 8.42 Å². The van der Waals surface area contributed by atoms with E-state index in [-0.39, 0.29) is 10.2 Å². The zero-order chi connectivity index (χ0) is 21.3. The molecule has 0 spiro atoms. The molecule has 1 saturated heterocycles. The molecule has 30 heavy (non-hydrogen) atoms. The van der Waals surface area contributed by atoms with E-state index in [1.54, 1.807) is 17.5 Å². The Morgan fingerprint density at radius 1 is 1.30 bits per heavy atom. The predicted octanol–water partition coefficient (Wildman–Crippen LogP) is 3.13. The quantitative estimate of drug-likeness (QED) is 0.624. The Labute approximate surface area is 179 Å². The largest absolute Gasteiger partial charge is 0.407 e. The van der Waals surface area contributed by atoms with Gasteiger partial charge in [-0.15, -0.1) is 16.4 Å². The van der Waals surface area contributed by atoms with E-state index in [4.69, 9.17) is 4.42 Å². The number of hydrogen-bond donors (Lipinski definition) is 1. The highest BCUT2D eigenvalue weighted by Crippen LogP contribution is 2.29. The number of anilines is 1. The number of amides is 1. The Morgan fingerprint density at radius 2 is 2.13 bits per heavy atom. The highest BCUT2D eigenvalue weighted by atomic mass is 32.2. The van der Waals surface area contributed by atoms with Crippen LogP contribution in [0.3, 0.4) is 0 Å². The lowest BCUT2D eigenvalue weighted by atomic mass is 10.0. The molecule has 1 unspecified atom stereocenters. The molecular formula is C20H22N4O4S2. The molecule has 0 saturated carbocycles. The van der Waals surface area contributed by atoms with Crippen LogP contribution in [0.2, 0.25) is 0 Å². The molecule has 1 aromatic carbocycles. The number of rotatable bonds is 6. The number of benzene rings is 1. The minimum absolute atomic E-state index is 0.0277. The molecule has 1 fully saturated rings. The van der Waals surface area contributed by atoms with Crippen molar-refractivity contribution in [2.75, 3.05) is 11.9 Å². The smallest absolute Gasteiger partial charge is 0.322 e. The molecule has 2 aromatic heterocycles. The average Bonchev–Trinajstić information content (AvgIpc) is 3.46. The molecule has 158 valence electrons. The maximum Gasteiger partial charge on any atom is 0.322 e. The van der Waals surface area contributed by atoms with Gasteiger partial charge in [0.2, 0.25) is 11.8 Å². The summed E-state index contributed by atoms with van der Waals surface area (Å²) in [5.41, 5.74) is 3.36. The van der Waals surface area contributed by atoms with Crippen molar-refractivity contribution in [2.24, 2.45) is 0 Å². The summed E-state index contributed by atoms with van der Waals surface area (Å²) in [4.78, 5) is 12.8. The van der Waals surface area contributed by atoms with Gasteiger partial charge < -0.3 is 4.42 Å². The van der Waals surface area contributed by atoms with Crippen LogP contribution in [-0.2, 0) is 21.2 Å². The fraction of sp³-hybridized carbons (Fsp3) is 0.350. The number of nitrogens with zero attached hydrogens (tertiary/aromatic N) is 3. The van der Waals surface area contributed by atoms with Crippen LogP contribution in [0.15, 0.2) is 44.3 Å². The molecule has 0 bridgehead atoms. The van der Waals surface area contributed by atoms with E-state index in [1.807, 2.05) is 26.0 Å². The predicted molar refractivity (Wildman–Crippen MR) is 113 cm³/mol. The molecule has 1 amide bonds. The van der Waals surface area contributed by atoms with Gasteiger partial charge in [0.05, 0.1) is 6.42 Å². The van der Waals surface area contributed by atoms with Crippen molar-refractivity contribution >= 4 is 33.3 Å². The molecule has 1 aliphatic heterocycles. The van der Waals surface area contributed by atoms with Crippen LogP contribution in [0.5, 0.6) is 0 Å². The fourth-order valence-corrected chi connectivity index (χ4v) is 6.36. The van der Waals surface area contributed by atoms with Gasteiger partial charge in [-0.1, -0.05) is 34.9 Å². The minimum Gasteiger partial charge on any atom is -0.407 e. The number of sulfonamides is 1. The standard InChI is InChI=1S/C20H22N4O4S2/c1-13-7-8-15(14(2)11-13)12-17-22-23-20(28-17)21-19(25)16-5-3-9-24(16)30(26,27)18-6-4-10-29-18/h4,6-8,10-11,16H,3,5,9,12H2,1-2H3,(H,21,23,25). The topological polar surface area (TPSA) is 105 Å². The second-order valence-electron chi connectivity index (χ2n) is 7.30. The molecule has 4 rings (SSSR count). The van der Waals surface area contributed by atoms with Gasteiger partial charge in [0.25, 0.3) is 10.0 Å². The van der Waals surface area contributed by atoms with Gasteiger partial charge >= 0.3 is 6.01 Å². The van der Waals surface area contributed by atoms with Gasteiger partial charge in [0.15, 0.2) is 0 Å². The van der Waals surface area contributed by atoms with Crippen LogP contribution in [0.1, 0.15) is 35.4 Å². The number of aryl methyl sites for hydroxylation is 2. The first-order valence-corrected chi connectivity index (χ1v) is 11.9. The summed E-state index contributed by atoms with van der Waals surface area (Å²) >= 11 is 1.14. The van der Waals surface area contributed by atoms with Crippen molar-refractivity contribution in [2.45, 2.75) is 43.4 Å². The van der Waals surface area contributed by atoms with Crippen molar-refractivity contribution in [1.29, 1.82) is 0 Å². The van der Waals surface area contributed by atoms with E-state index in [9.17, 15) is 13.2 Å². The fourth-order valence-electron chi connectivity index (χ4n) is 3.59. The summed E-state index contributed by atoms with van der Waals surface area (Å²) in [5, 5.41) is 12.2. The molecule has 10 heteroatoms. The Kier molecular flexibility index (Phi) is 5.72. The molecule has 0 aliphatic carbocycles. The monoisotopic (exact) mass is 446 g/mol. The molecule has 1 N–H and O–H groups in total. The Balaban J connectivity index is 1.45. The van der Waals surface area contributed by atoms with Crippen LogP contribution in [0.25, 0.3) is 0 Å². The number of hydrogen-bond acceptors (Lipinski definition) is 7. The van der Waals surface area contributed by atoms with E-state index in [2.05, 4.69) is 21.6 Å². The lowest BCUT2D eigenvalue weighted by molar-refractivity contribution is -0.119. The van der Waals surface area contributed by atoms with E-state index >= 15 is 0 Å². The number of thiophene rings is 1. The Morgan fingerprint density at radius 3 is 2.87 bits per heavy atom. The maximum atomic E-state index is 12.8. The van der Waals surface area contributed by atoms with E-state index < -0.39 is 22.0 Å². The summed E-state index contributed by atoms with van der Waals surface area (Å²) in [7, 11) is -3.70. The van der Waals surface area contributed by atoms with E-state index in [0.717, 1.165) is 22.5 Å². The zero-order valence-corrected chi connectivity index (χ0v) is 18.3. The summed E-state index contributed by atoms with van der Waals surface area (Å²) in [6, 6.07) is 8.51. The van der Waals surface area contributed by atoms with Crippen molar-refractivity contribution in [1.82, 2.24) is 14.5 Å². The Hall–Kier alpha value is -2.56. The van der Waals surface area contributed by atoms with Gasteiger partial charge in [-0.3, -0.25) is 10.1 Å². The van der Waals surface area contributed by atoms with Crippen molar-refractivity contribution in [3.63, 3.8) is 0 Å². The van der Waals surface area contributed by atoms with Crippen molar-refractivity contribution in [3.05, 3.63) is 58.3 Å². The molecule has 1 atom stereocenters. The van der Waals surface area contributed by atoms with Crippen molar-refractivity contribution < 1.29 is 17.6 Å². The highest BCUT2D eigenvalue weighted by molar-refractivity contribution is 7.91. The summed E-state index contributed by atoms with van der Waals surface area (Å²) in [6.07, 6.45) is 1.52. The molecule has 8 nitrogen and oxygen atoms in total. The second kappa shape index (κ2) is 8.29. The third-order valence-corrected chi connectivity index (χ3v) is 8.38. The number of nitrogens with one attached hydrogen (secondary N) is 1. The first-order valence-electron chi connectivity index (χ1n) is 9.59. The average molecular weight is 447 g/mol. The molecular weight excluding hydrogens is 424 g/mol. The van der Waals surface area contributed by atoms with Gasteiger partial charge in [0, 0.05) is 6.54 Å². The third-order valence-electron chi connectivity index (χ3n) is 5.10. The van der Waals surface area contributed by atoms with Crippen LogP contribution in [0, 0.1) is 13.8 Å². The first-order chi connectivity index (χ1) is 14.3. The molecule has 0 radical (unpaired) electrons. The summed E-state index contributed by atoms with van der Waals surface area (Å²) in [5.74, 6) is -0.0823. The third kappa shape index (κ3) is 4.16. The van der Waals surface area contributed by atoms with Gasteiger partial charge in [-0.05, 0) is 49.3 Å². The van der Waals surface area contributed by atoms with Crippen LogP contribution in [-0.4, -0.2) is 41.4 Å². The first kappa shape index (κ1) is 20.7. The summed E-state index contributed by atoms with van der Waals surface area (Å²) < 4.78 is 32.7. The molecule has 3 heterocycles. The Bertz CT molecular complexity index is 1160. The minimum atomic E-state index is -3.70. The summed E-state index contributed by atoms with van der Waals surface area (Å²) in [6.45, 7) is 4.35. The zero-order valence-electron chi connectivity index (χ0n) is 16.7. The van der Waals surface area contributed by atoms with E-state index in [1.165, 1.54) is 9.87 Å². The second-order valence-corrected chi connectivity index (χ2v) is 10.4. The number of carbonyl (C=O) groups excluding carboxylic acids is 1. The molecule has 1 aliphatic rings. The maximum absolute atomic E-state index is 12.8. The lowest BCUT2D eigenvalue weighted by Crippen LogP contribution is -2.42. The van der Waals surface area contributed by atoms with Crippen molar-refractivity contribution in [3.8, 4) is 0 Å². The highest BCUT2D eigenvalue weighted by Gasteiger charge is 2.40. The van der Waals surface area contributed by atoms with E-state index in [0.29, 0.717) is 31.7 Å². The SMILES string of the molecule is Cc1ccc(Cc2nnc(NC(=O)C3CCCN3S(=O)(=O)c3cccs3)o2)c(C)c1. The normalized spacial score (nSPS) is 17.3. The van der Waals surface area contributed by atoms with Crippen LogP contribution < -0.4 is 5.32 Å². The van der Waals surface area contributed by atoms with Crippen LogP contribution in [0.4, 0.5) is 6.01 Å². The lowest BCUT2D eigenvalue weighted by Gasteiger charge is -2.21. The number of aromatic nitrogens is 2. The van der Waals surface area contributed by atoms with Gasteiger partial charge in [-0.2, -0.15) is 4.31 Å². The number of carbonyl (C=O) groups is 1.